The number of hydrogen-bond donors (Lipinski definition) is 1. The van der Waals surface area contributed by atoms with Crippen molar-refractivity contribution in [2.24, 2.45) is 0 Å². The summed E-state index contributed by atoms with van der Waals surface area (Å²) in [6.45, 7) is -0.321. The van der Waals surface area contributed by atoms with Crippen LogP contribution in [0.1, 0.15) is 19.8 Å². The van der Waals surface area contributed by atoms with Gasteiger partial charge in [-0.1, -0.05) is 6.92 Å². The molecule has 0 aliphatic carbocycles. The number of amidine groups is 1. The fourth-order valence-electron chi connectivity index (χ4n) is 1.35. The normalized spacial score (nSPS) is 23.9. The summed E-state index contributed by atoms with van der Waals surface area (Å²) >= 11 is 0. The summed E-state index contributed by atoms with van der Waals surface area (Å²) in [5.74, 6) is -8.15. The maximum atomic E-state index is 12.7. The third-order valence-corrected chi connectivity index (χ3v) is 2.18. The zero-order valence-electron chi connectivity index (χ0n) is 7.79. The first-order chi connectivity index (χ1) is 6.30. The van der Waals surface area contributed by atoms with Gasteiger partial charge in [-0.2, -0.15) is 17.6 Å². The zero-order chi connectivity index (χ0) is 11.0. The Balaban J connectivity index is 2.68. The van der Waals surface area contributed by atoms with E-state index in [9.17, 15) is 17.6 Å². The van der Waals surface area contributed by atoms with E-state index in [0.29, 0.717) is 6.42 Å². The van der Waals surface area contributed by atoms with Crippen LogP contribution in [0.3, 0.4) is 0 Å². The van der Waals surface area contributed by atoms with Crippen molar-refractivity contribution in [2.45, 2.75) is 31.6 Å². The van der Waals surface area contributed by atoms with Gasteiger partial charge in [0.2, 0.25) is 0 Å². The van der Waals surface area contributed by atoms with E-state index in [2.05, 4.69) is 0 Å². The van der Waals surface area contributed by atoms with Gasteiger partial charge in [0.25, 0.3) is 0 Å². The number of nitrogens with one attached hydrogen (secondary N) is 1. The van der Waals surface area contributed by atoms with Crippen LogP contribution in [0.5, 0.6) is 0 Å². The molecule has 0 aromatic carbocycles. The quantitative estimate of drug-likeness (QED) is 0.424. The minimum Gasteiger partial charge on any atom is -0.348 e. The molecule has 82 valence electrons. The molecule has 0 unspecified atom stereocenters. The van der Waals surface area contributed by atoms with Crippen molar-refractivity contribution < 1.29 is 17.6 Å². The Labute approximate surface area is 79.4 Å². The molecule has 1 N–H and O–H groups in total. The molecule has 0 aromatic heterocycles. The first kappa shape index (κ1) is 11.3. The highest BCUT2D eigenvalue weighted by molar-refractivity contribution is 5.79. The van der Waals surface area contributed by atoms with Gasteiger partial charge in [-0.25, -0.2) is 0 Å². The first-order valence-corrected chi connectivity index (χ1v) is 4.38. The maximum absolute atomic E-state index is 12.7. The lowest BCUT2D eigenvalue weighted by atomic mass is 10.2. The van der Waals surface area contributed by atoms with Crippen molar-refractivity contribution in [1.29, 1.82) is 5.41 Å². The standard InChI is InChI=1S/C8H12F4N2/c1-2-3-6(13)14-4-7(9,10)8(11,12)5-14/h13H,2-5H2,1H3. The van der Waals surface area contributed by atoms with E-state index in [0.717, 1.165) is 4.90 Å². The van der Waals surface area contributed by atoms with E-state index in [1.54, 1.807) is 6.92 Å². The molecule has 1 aliphatic heterocycles. The van der Waals surface area contributed by atoms with E-state index in [4.69, 9.17) is 5.41 Å². The van der Waals surface area contributed by atoms with E-state index < -0.39 is 24.9 Å². The molecule has 6 heteroatoms. The molecular weight excluding hydrogens is 200 g/mol. The van der Waals surface area contributed by atoms with E-state index >= 15 is 0 Å². The first-order valence-electron chi connectivity index (χ1n) is 4.38. The molecule has 14 heavy (non-hydrogen) atoms. The van der Waals surface area contributed by atoms with Crippen molar-refractivity contribution in [3.05, 3.63) is 0 Å². The Morgan fingerprint density at radius 2 is 1.64 bits per heavy atom. The molecule has 1 saturated heterocycles. The van der Waals surface area contributed by atoms with Gasteiger partial charge in [0.05, 0.1) is 18.9 Å². The Morgan fingerprint density at radius 1 is 1.21 bits per heavy atom. The molecular formula is C8H12F4N2. The molecule has 0 bridgehead atoms. The second kappa shape index (κ2) is 3.40. The summed E-state index contributed by atoms with van der Waals surface area (Å²) in [6.07, 6.45) is 0.846. The van der Waals surface area contributed by atoms with Crippen molar-refractivity contribution in [3.63, 3.8) is 0 Å². The van der Waals surface area contributed by atoms with Crippen LogP contribution in [0.2, 0.25) is 0 Å². The van der Waals surface area contributed by atoms with Crippen LogP contribution in [-0.2, 0) is 0 Å². The Bertz CT molecular complexity index is 223. The van der Waals surface area contributed by atoms with Gasteiger partial charge in [-0.15, -0.1) is 0 Å². The highest BCUT2D eigenvalue weighted by atomic mass is 19.3. The molecule has 1 rings (SSSR count). The third kappa shape index (κ3) is 1.83. The SMILES string of the molecule is CCCC(=N)N1CC(F)(F)C(F)(F)C1. The van der Waals surface area contributed by atoms with Crippen molar-refractivity contribution in [1.82, 2.24) is 4.90 Å². The van der Waals surface area contributed by atoms with Crippen LogP contribution in [0.15, 0.2) is 0 Å². The highest BCUT2D eigenvalue weighted by Gasteiger charge is 2.63. The minimum atomic E-state index is -4.01. The van der Waals surface area contributed by atoms with Gasteiger partial charge in [-0.3, -0.25) is 5.41 Å². The fourth-order valence-corrected chi connectivity index (χ4v) is 1.35. The molecule has 1 aliphatic rings. The molecule has 1 fully saturated rings. The van der Waals surface area contributed by atoms with E-state index in [1.807, 2.05) is 0 Å². The highest BCUT2D eigenvalue weighted by Crippen LogP contribution is 2.41. The Hall–Kier alpha value is -0.810. The van der Waals surface area contributed by atoms with Crippen molar-refractivity contribution in [2.75, 3.05) is 13.1 Å². The van der Waals surface area contributed by atoms with Crippen LogP contribution in [-0.4, -0.2) is 35.7 Å². The summed E-state index contributed by atoms with van der Waals surface area (Å²) in [5, 5.41) is 7.30. The number of likely N-dealkylation sites (tertiary alicyclic amines) is 1. The van der Waals surface area contributed by atoms with Crippen LogP contribution < -0.4 is 0 Å². The van der Waals surface area contributed by atoms with Gasteiger partial charge < -0.3 is 4.90 Å². The predicted octanol–water partition coefficient (Wildman–Crippen LogP) is 2.35. The van der Waals surface area contributed by atoms with Gasteiger partial charge >= 0.3 is 11.8 Å². The van der Waals surface area contributed by atoms with Crippen molar-refractivity contribution >= 4 is 5.84 Å². The van der Waals surface area contributed by atoms with Crippen LogP contribution >= 0.6 is 0 Å². The van der Waals surface area contributed by atoms with E-state index in [-0.39, 0.29) is 12.3 Å². The lowest BCUT2D eigenvalue weighted by molar-refractivity contribution is -0.172. The number of alkyl halides is 4. The predicted molar refractivity (Wildman–Crippen MR) is 44.1 cm³/mol. The van der Waals surface area contributed by atoms with Gasteiger partial charge in [0, 0.05) is 6.42 Å². The minimum absolute atomic E-state index is 0.135. The average molecular weight is 212 g/mol. The fraction of sp³-hybridized carbons (Fsp3) is 0.875. The molecule has 0 radical (unpaired) electrons. The topological polar surface area (TPSA) is 27.1 Å². The summed E-state index contributed by atoms with van der Waals surface area (Å²) in [4.78, 5) is 0.753. The lowest BCUT2D eigenvalue weighted by Gasteiger charge is -2.16. The van der Waals surface area contributed by atoms with E-state index in [1.165, 1.54) is 0 Å². The summed E-state index contributed by atoms with van der Waals surface area (Å²) < 4.78 is 50.7. The number of hydrogen-bond acceptors (Lipinski definition) is 1. The Kier molecular flexibility index (Phi) is 2.74. The second-order valence-corrected chi connectivity index (χ2v) is 3.46. The molecule has 0 aromatic rings. The summed E-state index contributed by atoms with van der Waals surface area (Å²) in [5.41, 5.74) is 0. The molecule has 0 amide bonds. The summed E-state index contributed by atoms with van der Waals surface area (Å²) in [6, 6.07) is 0. The molecule has 2 nitrogen and oxygen atoms in total. The Morgan fingerprint density at radius 3 is 2.00 bits per heavy atom. The van der Waals surface area contributed by atoms with Gasteiger partial charge in [-0.05, 0) is 6.42 Å². The third-order valence-electron chi connectivity index (χ3n) is 2.18. The molecule has 0 atom stereocenters. The molecule has 1 heterocycles. The largest absolute Gasteiger partial charge is 0.348 e. The van der Waals surface area contributed by atoms with Crippen LogP contribution in [0.25, 0.3) is 0 Å². The molecule has 0 spiro atoms. The van der Waals surface area contributed by atoms with Gasteiger partial charge in [0.1, 0.15) is 0 Å². The second-order valence-electron chi connectivity index (χ2n) is 3.46. The lowest BCUT2D eigenvalue weighted by Crippen LogP contribution is -2.38. The monoisotopic (exact) mass is 212 g/mol. The van der Waals surface area contributed by atoms with Crippen LogP contribution in [0, 0.1) is 5.41 Å². The molecule has 0 saturated carbocycles. The van der Waals surface area contributed by atoms with Gasteiger partial charge in [0.15, 0.2) is 0 Å². The zero-order valence-corrected chi connectivity index (χ0v) is 7.79. The average Bonchev–Trinajstić information content (AvgIpc) is 2.22. The number of rotatable bonds is 2. The van der Waals surface area contributed by atoms with Crippen molar-refractivity contribution in [3.8, 4) is 0 Å². The maximum Gasteiger partial charge on any atom is 0.329 e. The van der Waals surface area contributed by atoms with Crippen LogP contribution in [0.4, 0.5) is 17.6 Å². The number of halogens is 4. The number of nitrogens with zero attached hydrogens (tertiary/aromatic N) is 1. The smallest absolute Gasteiger partial charge is 0.329 e. The summed E-state index contributed by atoms with van der Waals surface area (Å²) in [7, 11) is 0.